The summed E-state index contributed by atoms with van der Waals surface area (Å²) in [7, 11) is 1.31. The lowest BCUT2D eigenvalue weighted by Crippen LogP contribution is -2.18. The zero-order valence-corrected chi connectivity index (χ0v) is 12.1. The van der Waals surface area contributed by atoms with Crippen molar-refractivity contribution in [1.29, 1.82) is 0 Å². The highest BCUT2D eigenvalue weighted by Gasteiger charge is 2.10. The standard InChI is InChI=1S/C15H18N2O4/c1-3-8-17-10-11(4-7-14(17)18)16-9-12-5-6-13(21-12)15(19)20-2/h4-7,10,16H,3,8-9H2,1-2H3. The molecule has 0 amide bonds. The number of nitrogens with zero attached hydrogens (tertiary/aromatic N) is 1. The van der Waals surface area contributed by atoms with Crippen LogP contribution in [0.2, 0.25) is 0 Å². The molecule has 2 heterocycles. The minimum absolute atomic E-state index is 0.0200. The zero-order valence-electron chi connectivity index (χ0n) is 12.1. The van der Waals surface area contributed by atoms with Gasteiger partial charge in [0.15, 0.2) is 0 Å². The van der Waals surface area contributed by atoms with Crippen molar-refractivity contribution in [3.05, 3.63) is 52.3 Å². The SMILES string of the molecule is CCCn1cc(NCc2ccc(C(=O)OC)o2)ccc1=O. The molecule has 0 spiro atoms. The molecule has 112 valence electrons. The van der Waals surface area contributed by atoms with Crippen molar-refractivity contribution in [3.8, 4) is 0 Å². The van der Waals surface area contributed by atoms with Gasteiger partial charge >= 0.3 is 5.97 Å². The fourth-order valence-electron chi connectivity index (χ4n) is 1.92. The summed E-state index contributed by atoms with van der Waals surface area (Å²) in [5, 5.41) is 3.15. The van der Waals surface area contributed by atoms with Crippen molar-refractivity contribution in [2.45, 2.75) is 26.4 Å². The third-order valence-electron chi connectivity index (χ3n) is 2.96. The summed E-state index contributed by atoms with van der Waals surface area (Å²) in [5.41, 5.74) is 0.799. The topological polar surface area (TPSA) is 73.5 Å². The first-order chi connectivity index (χ1) is 10.1. The highest BCUT2D eigenvalue weighted by atomic mass is 16.5. The average molecular weight is 290 g/mol. The number of esters is 1. The quantitative estimate of drug-likeness (QED) is 0.826. The van der Waals surface area contributed by atoms with Crippen LogP contribution < -0.4 is 10.9 Å². The van der Waals surface area contributed by atoms with Gasteiger partial charge in [-0.2, -0.15) is 0 Å². The van der Waals surface area contributed by atoms with Crippen LogP contribution >= 0.6 is 0 Å². The monoisotopic (exact) mass is 290 g/mol. The fraction of sp³-hybridized carbons (Fsp3) is 0.333. The van der Waals surface area contributed by atoms with Gasteiger partial charge in [-0.15, -0.1) is 0 Å². The molecule has 21 heavy (non-hydrogen) atoms. The number of hydrogen-bond donors (Lipinski definition) is 1. The van der Waals surface area contributed by atoms with Crippen molar-refractivity contribution in [2.24, 2.45) is 0 Å². The molecule has 0 saturated heterocycles. The second kappa shape index (κ2) is 6.78. The van der Waals surface area contributed by atoms with Crippen LogP contribution in [0.25, 0.3) is 0 Å². The number of nitrogens with one attached hydrogen (secondary N) is 1. The Morgan fingerprint density at radius 1 is 1.33 bits per heavy atom. The lowest BCUT2D eigenvalue weighted by molar-refractivity contribution is 0.0563. The molecule has 0 atom stereocenters. The predicted molar refractivity (Wildman–Crippen MR) is 78.4 cm³/mol. The molecule has 2 aromatic rings. The van der Waals surface area contributed by atoms with E-state index in [1.165, 1.54) is 13.2 Å². The largest absolute Gasteiger partial charge is 0.463 e. The number of aryl methyl sites for hydroxylation is 1. The van der Waals surface area contributed by atoms with Crippen LogP contribution in [0.3, 0.4) is 0 Å². The first-order valence-corrected chi connectivity index (χ1v) is 6.75. The third-order valence-corrected chi connectivity index (χ3v) is 2.96. The van der Waals surface area contributed by atoms with Gasteiger partial charge in [-0.05, 0) is 24.6 Å². The van der Waals surface area contributed by atoms with E-state index in [2.05, 4.69) is 10.1 Å². The maximum Gasteiger partial charge on any atom is 0.373 e. The summed E-state index contributed by atoms with van der Waals surface area (Å²) < 4.78 is 11.6. The molecule has 0 aliphatic carbocycles. The van der Waals surface area contributed by atoms with Crippen LogP contribution in [-0.2, 0) is 17.8 Å². The molecule has 2 aromatic heterocycles. The van der Waals surface area contributed by atoms with E-state index in [9.17, 15) is 9.59 Å². The lowest BCUT2D eigenvalue weighted by Gasteiger charge is -2.08. The van der Waals surface area contributed by atoms with Crippen LogP contribution in [0, 0.1) is 0 Å². The molecule has 0 aromatic carbocycles. The minimum atomic E-state index is -0.502. The number of hydrogen-bond acceptors (Lipinski definition) is 5. The molecule has 0 radical (unpaired) electrons. The number of ether oxygens (including phenoxy) is 1. The molecule has 0 aliphatic rings. The number of methoxy groups -OCH3 is 1. The van der Waals surface area contributed by atoms with Gasteiger partial charge in [0.2, 0.25) is 5.76 Å². The Hall–Kier alpha value is -2.50. The van der Waals surface area contributed by atoms with Gasteiger partial charge in [0.05, 0.1) is 19.3 Å². The molecule has 0 bridgehead atoms. The summed E-state index contributed by atoms with van der Waals surface area (Å²) in [6, 6.07) is 6.53. The van der Waals surface area contributed by atoms with Gasteiger partial charge in [0, 0.05) is 18.8 Å². The molecule has 1 N–H and O–H groups in total. The highest BCUT2D eigenvalue weighted by Crippen LogP contribution is 2.12. The number of anilines is 1. The lowest BCUT2D eigenvalue weighted by atomic mass is 10.3. The van der Waals surface area contributed by atoms with Crippen LogP contribution in [-0.4, -0.2) is 17.6 Å². The average Bonchev–Trinajstić information content (AvgIpc) is 2.96. The van der Waals surface area contributed by atoms with Crippen molar-refractivity contribution in [3.63, 3.8) is 0 Å². The Labute approximate surface area is 122 Å². The summed E-state index contributed by atoms with van der Waals surface area (Å²) in [4.78, 5) is 22.9. The summed E-state index contributed by atoms with van der Waals surface area (Å²) in [5.74, 6) is 0.284. The van der Waals surface area contributed by atoms with Crippen LogP contribution in [0.15, 0.2) is 39.7 Å². The van der Waals surface area contributed by atoms with E-state index >= 15 is 0 Å². The van der Waals surface area contributed by atoms with E-state index in [0.29, 0.717) is 18.8 Å². The maximum atomic E-state index is 11.6. The Kier molecular flexibility index (Phi) is 4.81. The van der Waals surface area contributed by atoms with Crippen molar-refractivity contribution >= 4 is 11.7 Å². The Morgan fingerprint density at radius 2 is 2.14 bits per heavy atom. The van der Waals surface area contributed by atoms with Crippen LogP contribution in [0.1, 0.15) is 29.7 Å². The summed E-state index contributed by atoms with van der Waals surface area (Å²) in [6.45, 7) is 3.12. The highest BCUT2D eigenvalue weighted by molar-refractivity contribution is 5.86. The number of furan rings is 1. The minimum Gasteiger partial charge on any atom is -0.463 e. The first-order valence-electron chi connectivity index (χ1n) is 6.75. The first kappa shape index (κ1) is 14.9. The molecule has 6 nitrogen and oxygen atoms in total. The zero-order chi connectivity index (χ0) is 15.2. The number of rotatable bonds is 6. The van der Waals surface area contributed by atoms with Gasteiger partial charge in [0.25, 0.3) is 5.56 Å². The molecule has 2 rings (SSSR count). The van der Waals surface area contributed by atoms with Gasteiger partial charge in [-0.25, -0.2) is 4.79 Å². The molecular weight excluding hydrogens is 272 g/mol. The van der Waals surface area contributed by atoms with Gasteiger partial charge in [-0.1, -0.05) is 6.92 Å². The predicted octanol–water partition coefficient (Wildman–Crippen LogP) is 2.25. The smallest absolute Gasteiger partial charge is 0.373 e. The Bertz CT molecular complexity index is 672. The van der Waals surface area contributed by atoms with Crippen molar-refractivity contribution < 1.29 is 13.9 Å². The number of carbonyl (C=O) groups is 1. The van der Waals surface area contributed by atoms with E-state index in [4.69, 9.17) is 4.42 Å². The Balaban J connectivity index is 2.02. The second-order valence-electron chi connectivity index (χ2n) is 4.56. The number of carbonyl (C=O) groups excluding carboxylic acids is 1. The van der Waals surface area contributed by atoms with E-state index in [1.54, 1.807) is 29.0 Å². The number of aromatic nitrogens is 1. The number of pyridine rings is 1. The van der Waals surface area contributed by atoms with Crippen molar-refractivity contribution in [2.75, 3.05) is 12.4 Å². The normalized spacial score (nSPS) is 10.4. The van der Waals surface area contributed by atoms with Gasteiger partial charge < -0.3 is 19.0 Å². The van der Waals surface area contributed by atoms with E-state index in [1.807, 2.05) is 6.92 Å². The van der Waals surface area contributed by atoms with Crippen molar-refractivity contribution in [1.82, 2.24) is 4.57 Å². The van der Waals surface area contributed by atoms with Crippen LogP contribution in [0.5, 0.6) is 0 Å². The molecular formula is C15H18N2O4. The van der Waals surface area contributed by atoms with E-state index < -0.39 is 5.97 Å². The van der Waals surface area contributed by atoms with Gasteiger partial charge in [0.1, 0.15) is 5.76 Å². The molecule has 6 heteroatoms. The second-order valence-corrected chi connectivity index (χ2v) is 4.56. The fourth-order valence-corrected chi connectivity index (χ4v) is 1.92. The van der Waals surface area contributed by atoms with E-state index in [0.717, 1.165) is 12.1 Å². The van der Waals surface area contributed by atoms with Gasteiger partial charge in [-0.3, -0.25) is 4.79 Å². The van der Waals surface area contributed by atoms with Crippen LogP contribution in [0.4, 0.5) is 5.69 Å². The summed E-state index contributed by atoms with van der Waals surface area (Å²) in [6.07, 6.45) is 2.67. The molecule has 0 saturated carbocycles. The summed E-state index contributed by atoms with van der Waals surface area (Å²) >= 11 is 0. The molecule has 0 unspecified atom stereocenters. The molecule has 0 fully saturated rings. The third kappa shape index (κ3) is 3.75. The van der Waals surface area contributed by atoms with E-state index in [-0.39, 0.29) is 11.3 Å². The maximum absolute atomic E-state index is 11.6. The Morgan fingerprint density at radius 3 is 2.86 bits per heavy atom. The molecule has 0 aliphatic heterocycles.